The molecular formula is C90H125N3O17S+2. The highest BCUT2D eigenvalue weighted by atomic mass is 32.2. The van der Waals surface area contributed by atoms with Crippen molar-refractivity contribution in [2.75, 3.05) is 123 Å². The lowest BCUT2D eigenvalue weighted by Gasteiger charge is -2.46. The molecule has 7 aromatic carbocycles. The zero-order valence-corrected chi connectivity index (χ0v) is 69.8. The minimum atomic E-state index is -4.25. The van der Waals surface area contributed by atoms with Gasteiger partial charge in [0.25, 0.3) is 0 Å². The molecule has 0 radical (unpaired) electrons. The van der Waals surface area contributed by atoms with Crippen LogP contribution in [-0.2, 0) is 72.5 Å². The first-order valence-electron chi connectivity index (χ1n) is 39.0. The van der Waals surface area contributed by atoms with E-state index in [0.717, 1.165) is 115 Å². The van der Waals surface area contributed by atoms with Crippen LogP contribution in [0.5, 0.6) is 34.5 Å². The molecule has 0 bridgehead atoms. The number of ether oxygens (including phenoxy) is 8. The third kappa shape index (κ3) is 25.2. The summed E-state index contributed by atoms with van der Waals surface area (Å²) in [5.41, 5.74) is 19.1. The average molecular weight is 1550 g/mol. The van der Waals surface area contributed by atoms with Crippen LogP contribution in [-0.4, -0.2) is 189 Å². The Bertz CT molecular complexity index is 4340. The molecule has 10 rings (SSSR count). The van der Waals surface area contributed by atoms with E-state index in [2.05, 4.69) is 148 Å². The summed E-state index contributed by atoms with van der Waals surface area (Å²) in [4.78, 5) is 37.6. The van der Waals surface area contributed by atoms with Gasteiger partial charge in [-0.15, -0.1) is 0 Å². The fraction of sp³-hybridized carbons (Fsp3) is 0.500. The number of carbonyl (C=O) groups is 3. The van der Waals surface area contributed by atoms with E-state index in [1.807, 2.05) is 12.1 Å². The molecule has 0 amide bonds. The second-order valence-electron chi connectivity index (χ2n) is 31.3. The molecule has 0 saturated carbocycles. The van der Waals surface area contributed by atoms with Crippen molar-refractivity contribution in [3.63, 3.8) is 0 Å². The highest BCUT2D eigenvalue weighted by Gasteiger charge is 2.43. The van der Waals surface area contributed by atoms with Crippen molar-refractivity contribution < 1.29 is 94.0 Å². The number of carbonyl (C=O) groups excluding carboxylic acids is 2. The quantitative estimate of drug-likeness (QED) is 0.0154. The first-order chi connectivity index (χ1) is 52.7. The van der Waals surface area contributed by atoms with Crippen LogP contribution in [0.25, 0.3) is 0 Å². The van der Waals surface area contributed by atoms with Gasteiger partial charge < -0.3 is 71.2 Å². The minimum Gasteiger partial charge on any atom is -0.744 e. The number of carboxylic acid groups (broad SMARTS) is 1. The SMILES string of the molecule is CC(O)CCCCO.COc1cc(C[C@@H]2c3cc(C)c(C)cc3CC[N@+]2(C)CCC(=O)O)ccc1C.COc1cc(C[C@@H]2c3cc(C)c(C)cc3CC[N@+]2(C)CCC(=O)OCCC(C)CCOC(=O)CC[N@@+]2(C)CCc3cc(OC)c(OC)cc3[C@H]2Cc2ccc(OC)c(OC)c2)ccc1C.O=S(=O)([O-])c1ccccc1. The fourth-order valence-corrected chi connectivity index (χ4v) is 16.1. The maximum atomic E-state index is 13.3. The number of likely N-dealkylation sites (N-methyl/N-ethyl adjacent to an activating group) is 3. The molecule has 21 heteroatoms. The molecule has 20 nitrogen and oxygen atoms in total. The van der Waals surface area contributed by atoms with Crippen molar-refractivity contribution in [3.8, 4) is 34.5 Å². The van der Waals surface area contributed by atoms with E-state index in [9.17, 15) is 32.5 Å². The number of unbranched alkanes of at least 4 members (excludes halogenated alkanes) is 1. The molecule has 111 heavy (non-hydrogen) atoms. The first-order valence-corrected chi connectivity index (χ1v) is 40.4. The zero-order valence-electron chi connectivity index (χ0n) is 69.0. The maximum Gasteiger partial charge on any atom is 0.311 e. The molecule has 7 aromatic rings. The Kier molecular flexibility index (Phi) is 33.8. The number of hydrogen-bond acceptors (Lipinski definition) is 16. The van der Waals surface area contributed by atoms with Crippen molar-refractivity contribution in [3.05, 3.63) is 205 Å². The van der Waals surface area contributed by atoms with Gasteiger partial charge in [-0.3, -0.25) is 14.4 Å². The Hall–Kier alpha value is -8.54. The number of aryl methyl sites for hydroxylation is 6. The topological polar surface area (TPSA) is 243 Å². The summed E-state index contributed by atoms with van der Waals surface area (Å²) in [5.74, 6) is 3.73. The van der Waals surface area contributed by atoms with Crippen LogP contribution in [0.1, 0.15) is 167 Å². The van der Waals surface area contributed by atoms with Crippen LogP contribution in [0.4, 0.5) is 0 Å². The van der Waals surface area contributed by atoms with Crippen LogP contribution in [0.2, 0.25) is 0 Å². The van der Waals surface area contributed by atoms with Gasteiger partial charge in [-0.1, -0.05) is 67.6 Å². The van der Waals surface area contributed by atoms with Crippen molar-refractivity contribution in [2.24, 2.45) is 5.92 Å². The van der Waals surface area contributed by atoms with Gasteiger partial charge in [-0.2, -0.15) is 0 Å². The number of methoxy groups -OCH3 is 6. The van der Waals surface area contributed by atoms with E-state index in [1.165, 1.54) is 91.0 Å². The standard InChI is InChI=1S/C54H74N2O9.C24H31NO3.C6H6O3S.C6H14O2/c1-36(20-26-64-53(57)18-24-55(5)22-16-42-28-38(3)39(4)29-44(42)46(55)30-40-13-12-37(2)49(32-40)60-8)21-27-65-54(58)19-25-56(6)23-17-43-34-51(62-10)52(63-11)35-45(43)47(56)31-41-14-15-48(59-7)50(33-41)61-9;1-16-6-7-19(15-23(16)28-5)14-22-21-13-18(3)17(2)12-20(21)8-10-25(22,4)11-9-24(26)27;7-10(8,9)6-4-2-1-3-5-6;1-6(8)4-2-3-5-7/h12-15,28-29,32-36,46-47H,16-27,30-31H2,1-11H3;6-7,12-13,15,22H,8-11,14H2,1-5H3;1-5H,(H,7,8,9);6-8H,2-5H2,1H3/q+2;;;/t36?,46-,47-,55-,56-;22-,25-;;/m11../s1. The molecule has 3 aliphatic rings. The number of esters is 2. The Balaban J connectivity index is 0.000000300. The Morgan fingerprint density at radius 1 is 0.459 bits per heavy atom. The van der Waals surface area contributed by atoms with E-state index in [0.29, 0.717) is 86.0 Å². The lowest BCUT2D eigenvalue weighted by Crippen LogP contribution is -2.53. The fourth-order valence-electron chi connectivity index (χ4n) is 15.6. The molecule has 3 aliphatic heterocycles. The highest BCUT2D eigenvalue weighted by molar-refractivity contribution is 7.85. The molecule has 0 fully saturated rings. The number of benzene rings is 7. The maximum absolute atomic E-state index is 13.3. The normalized spacial score (nSPS) is 19.4. The van der Waals surface area contributed by atoms with E-state index in [4.69, 9.17) is 48.1 Å². The predicted octanol–water partition coefficient (Wildman–Crippen LogP) is 14.7. The van der Waals surface area contributed by atoms with Gasteiger partial charge in [0.2, 0.25) is 0 Å². The molecule has 0 aliphatic carbocycles. The molecule has 3 N–H and O–H groups in total. The van der Waals surface area contributed by atoms with E-state index < -0.39 is 16.1 Å². The predicted molar refractivity (Wildman–Crippen MR) is 433 cm³/mol. The average Bonchev–Trinajstić information content (AvgIpc) is 0.769. The molecule has 2 unspecified atom stereocenters. The summed E-state index contributed by atoms with van der Waals surface area (Å²) >= 11 is 0. The van der Waals surface area contributed by atoms with Crippen LogP contribution in [0.15, 0.2) is 126 Å². The van der Waals surface area contributed by atoms with E-state index >= 15 is 0 Å². The number of aliphatic hydroxyl groups is 2. The number of rotatable bonds is 32. The number of hydrogen-bond donors (Lipinski definition) is 3. The van der Waals surface area contributed by atoms with Crippen molar-refractivity contribution in [1.82, 2.24) is 0 Å². The number of quaternary nitrogens is 3. The molecule has 0 saturated heterocycles. The monoisotopic (exact) mass is 1550 g/mol. The molecule has 0 aromatic heterocycles. The van der Waals surface area contributed by atoms with Gasteiger partial charge >= 0.3 is 17.9 Å². The molecule has 8 atom stereocenters. The number of nitrogens with zero attached hydrogens (tertiary/aromatic N) is 3. The third-order valence-electron chi connectivity index (χ3n) is 23.1. The lowest BCUT2D eigenvalue weighted by molar-refractivity contribution is -0.940. The second kappa shape index (κ2) is 41.8. The van der Waals surface area contributed by atoms with Gasteiger partial charge in [-0.25, -0.2) is 8.42 Å². The minimum absolute atomic E-state index is 0.0479. The third-order valence-corrected chi connectivity index (χ3v) is 24.0. The summed E-state index contributed by atoms with van der Waals surface area (Å²) in [6.07, 6.45) is 9.90. The van der Waals surface area contributed by atoms with Gasteiger partial charge in [-0.05, 0) is 214 Å². The van der Waals surface area contributed by atoms with Crippen LogP contribution >= 0.6 is 0 Å². The van der Waals surface area contributed by atoms with Gasteiger partial charge in [0.05, 0.1) is 147 Å². The van der Waals surface area contributed by atoms with Crippen molar-refractivity contribution in [1.29, 1.82) is 0 Å². The summed E-state index contributed by atoms with van der Waals surface area (Å²) in [5, 5.41) is 26.3. The Morgan fingerprint density at radius 2 is 0.829 bits per heavy atom. The van der Waals surface area contributed by atoms with Crippen molar-refractivity contribution in [2.45, 2.75) is 174 Å². The molecule has 0 spiro atoms. The smallest absolute Gasteiger partial charge is 0.311 e. The van der Waals surface area contributed by atoms with Gasteiger partial charge in [0.15, 0.2) is 23.0 Å². The van der Waals surface area contributed by atoms with Crippen LogP contribution < -0.4 is 28.4 Å². The number of aliphatic carboxylic acids is 1. The molecular weight excluding hydrogens is 1430 g/mol. The summed E-state index contributed by atoms with van der Waals surface area (Å²) in [6.45, 7) is 22.4. The van der Waals surface area contributed by atoms with Gasteiger partial charge in [0.1, 0.15) is 39.7 Å². The zero-order chi connectivity index (χ0) is 81.4. The van der Waals surface area contributed by atoms with Crippen LogP contribution in [0, 0.1) is 47.5 Å². The first kappa shape index (κ1) is 89.7. The van der Waals surface area contributed by atoms with E-state index in [-0.39, 0.29) is 60.0 Å². The lowest BCUT2D eigenvalue weighted by atomic mass is 9.84. The Labute approximate surface area is 661 Å². The Morgan fingerprint density at radius 3 is 1.22 bits per heavy atom. The highest BCUT2D eigenvalue weighted by Crippen LogP contribution is 2.45. The largest absolute Gasteiger partial charge is 0.744 e. The number of carboxylic acids is 1. The van der Waals surface area contributed by atoms with Crippen molar-refractivity contribution >= 4 is 28.0 Å². The summed E-state index contributed by atoms with van der Waals surface area (Å²) < 4.78 is 78.4. The van der Waals surface area contributed by atoms with E-state index in [1.54, 1.807) is 55.6 Å². The molecule has 606 valence electrons. The molecule has 3 heterocycles. The second-order valence-corrected chi connectivity index (χ2v) is 32.6. The van der Waals surface area contributed by atoms with Crippen LogP contribution in [0.3, 0.4) is 0 Å². The van der Waals surface area contributed by atoms with Gasteiger partial charge in [0, 0.05) is 61.8 Å². The summed E-state index contributed by atoms with van der Waals surface area (Å²) in [7, 11) is 12.5. The number of aliphatic hydroxyl groups excluding tert-OH is 2. The number of fused-ring (bicyclic) bond motifs is 3. The summed E-state index contributed by atoms with van der Waals surface area (Å²) in [6, 6.07) is 40.3.